The van der Waals surface area contributed by atoms with Crippen LogP contribution in [0.2, 0.25) is 0 Å². The Kier molecular flexibility index (Phi) is 4.86. The Balaban J connectivity index is 1.27. The number of hydrogen-bond donors (Lipinski definition) is 2. The van der Waals surface area contributed by atoms with E-state index in [-0.39, 0.29) is 31.1 Å². The van der Waals surface area contributed by atoms with Crippen LogP contribution >= 0.6 is 0 Å². The molecule has 2 aromatic rings. The van der Waals surface area contributed by atoms with Crippen molar-refractivity contribution in [1.82, 2.24) is 10.3 Å². The molecule has 2 heterocycles. The molecule has 3 aliphatic rings. The van der Waals surface area contributed by atoms with Crippen LogP contribution in [0.25, 0.3) is 0 Å². The molecule has 0 radical (unpaired) electrons. The van der Waals surface area contributed by atoms with Gasteiger partial charge in [-0.25, -0.2) is 10.2 Å². The fourth-order valence-electron chi connectivity index (χ4n) is 4.69. The van der Waals surface area contributed by atoms with Crippen molar-refractivity contribution in [2.75, 3.05) is 11.6 Å². The van der Waals surface area contributed by atoms with Gasteiger partial charge in [-0.3, -0.25) is 14.6 Å². The number of nitrogens with two attached hydrogens (primary N) is 1. The van der Waals surface area contributed by atoms with Crippen molar-refractivity contribution in [3.05, 3.63) is 65.7 Å². The summed E-state index contributed by atoms with van der Waals surface area (Å²) in [6.45, 7) is 0.196. The highest BCUT2D eigenvalue weighted by molar-refractivity contribution is 5.91. The molecule has 3 N–H and O–H groups in total. The van der Waals surface area contributed by atoms with E-state index >= 15 is 0 Å². The topological polar surface area (TPSA) is 105 Å². The maximum atomic E-state index is 13.2. The first-order valence-corrected chi connectivity index (χ1v) is 10.5. The van der Waals surface area contributed by atoms with Crippen LogP contribution in [0.3, 0.4) is 0 Å². The number of para-hydroxylation sites is 1. The zero-order valence-corrected chi connectivity index (χ0v) is 16.9. The van der Waals surface area contributed by atoms with Crippen LogP contribution in [0.4, 0.5) is 5.69 Å². The fraction of sp³-hybridized carbons (Fsp3) is 0.348. The van der Waals surface area contributed by atoms with E-state index in [9.17, 15) is 14.4 Å². The molecule has 0 aromatic heterocycles. The fourth-order valence-corrected chi connectivity index (χ4v) is 4.69. The molecule has 5 rings (SSSR count). The van der Waals surface area contributed by atoms with Gasteiger partial charge in [0.25, 0.3) is 0 Å². The molecule has 160 valence electrons. The van der Waals surface area contributed by atoms with E-state index in [0.717, 1.165) is 23.2 Å². The van der Waals surface area contributed by atoms with Crippen molar-refractivity contribution in [3.63, 3.8) is 0 Å². The summed E-state index contributed by atoms with van der Waals surface area (Å²) in [4.78, 5) is 39.5. The molecule has 2 aromatic carbocycles. The summed E-state index contributed by atoms with van der Waals surface area (Å²) >= 11 is 0. The molecule has 8 heteroatoms. The molecule has 1 aliphatic carbocycles. The first-order chi connectivity index (χ1) is 15.0. The van der Waals surface area contributed by atoms with Crippen molar-refractivity contribution >= 4 is 23.5 Å². The number of piperidine rings is 1. The number of likely N-dealkylation sites (tertiary alicyclic amines) is 1. The predicted molar refractivity (Wildman–Crippen MR) is 112 cm³/mol. The molecular formula is C23H24N4O4. The van der Waals surface area contributed by atoms with E-state index in [1.165, 1.54) is 0 Å². The van der Waals surface area contributed by atoms with Crippen LogP contribution in [-0.2, 0) is 25.7 Å². The first kappa shape index (κ1) is 19.6. The third-order valence-electron chi connectivity index (χ3n) is 6.29. The number of esters is 1. The van der Waals surface area contributed by atoms with Gasteiger partial charge in [0.05, 0.1) is 5.69 Å². The number of rotatable bonds is 6. The Labute approximate surface area is 179 Å². The lowest BCUT2D eigenvalue weighted by atomic mass is 10.1. The molecule has 1 unspecified atom stereocenters. The lowest BCUT2D eigenvalue weighted by Crippen LogP contribution is -2.50. The minimum atomic E-state index is -0.678. The lowest BCUT2D eigenvalue weighted by Gasteiger charge is -2.29. The summed E-state index contributed by atoms with van der Waals surface area (Å²) < 4.78 is 5.51. The number of nitrogens with zero attached hydrogens (tertiary/aromatic N) is 2. The SMILES string of the molecule is NC(=O)C1NN(CC(=O)N2[C@@H]3C[C@@H]3C[C@H]2C(=O)OCc2ccccc2)c2ccccc21. The molecule has 2 aliphatic heterocycles. The summed E-state index contributed by atoms with van der Waals surface area (Å²) in [5.74, 6) is -0.683. The number of primary amides is 1. The monoisotopic (exact) mass is 420 g/mol. The van der Waals surface area contributed by atoms with Gasteiger partial charge >= 0.3 is 5.97 Å². The Hall–Kier alpha value is -3.39. The summed E-state index contributed by atoms with van der Waals surface area (Å²) in [5, 5.41) is 1.65. The third-order valence-corrected chi connectivity index (χ3v) is 6.29. The Morgan fingerprint density at radius 2 is 1.77 bits per heavy atom. The van der Waals surface area contributed by atoms with E-state index in [1.807, 2.05) is 54.6 Å². The van der Waals surface area contributed by atoms with Crippen LogP contribution < -0.4 is 16.2 Å². The maximum Gasteiger partial charge on any atom is 0.329 e. The van der Waals surface area contributed by atoms with Gasteiger partial charge in [0, 0.05) is 11.6 Å². The van der Waals surface area contributed by atoms with Crippen molar-refractivity contribution in [1.29, 1.82) is 0 Å². The van der Waals surface area contributed by atoms with Gasteiger partial charge in [-0.2, -0.15) is 0 Å². The molecule has 4 atom stereocenters. The number of ether oxygens (including phenoxy) is 1. The van der Waals surface area contributed by atoms with Gasteiger partial charge in [0.15, 0.2) is 0 Å². The van der Waals surface area contributed by atoms with Crippen molar-refractivity contribution in [3.8, 4) is 0 Å². The van der Waals surface area contributed by atoms with Gasteiger partial charge in [-0.15, -0.1) is 0 Å². The number of anilines is 1. The molecule has 31 heavy (non-hydrogen) atoms. The second kappa shape index (κ2) is 7.70. The van der Waals surface area contributed by atoms with Gasteiger partial charge in [0.1, 0.15) is 25.2 Å². The van der Waals surface area contributed by atoms with Crippen molar-refractivity contribution in [2.24, 2.45) is 11.7 Å². The predicted octanol–water partition coefficient (Wildman–Crippen LogP) is 1.27. The minimum Gasteiger partial charge on any atom is -0.459 e. The quantitative estimate of drug-likeness (QED) is 0.682. The standard InChI is InChI=1S/C23H24N4O4/c24-22(29)21-16-8-4-5-9-17(16)26(25-21)12-20(28)27-18-10-15(18)11-19(27)23(30)31-13-14-6-2-1-3-7-14/h1-9,15,18-19,21,25H,10-13H2,(H2,24,29)/t15-,18-,19+,21?/m1/s1. The number of carbonyl (C=O) groups is 3. The van der Waals surface area contributed by atoms with E-state index in [1.54, 1.807) is 9.91 Å². The molecule has 8 nitrogen and oxygen atoms in total. The van der Waals surface area contributed by atoms with E-state index in [4.69, 9.17) is 10.5 Å². The minimum absolute atomic E-state index is 0.00643. The number of fused-ring (bicyclic) bond motifs is 2. The Morgan fingerprint density at radius 1 is 1.03 bits per heavy atom. The Bertz CT molecular complexity index is 1030. The third kappa shape index (κ3) is 3.63. The van der Waals surface area contributed by atoms with Gasteiger partial charge in [0.2, 0.25) is 11.8 Å². The average Bonchev–Trinajstić information content (AvgIpc) is 3.28. The first-order valence-electron chi connectivity index (χ1n) is 10.5. The van der Waals surface area contributed by atoms with Crippen LogP contribution in [0.15, 0.2) is 54.6 Å². The van der Waals surface area contributed by atoms with E-state index < -0.39 is 18.0 Å². The number of carbonyl (C=O) groups excluding carboxylic acids is 3. The summed E-state index contributed by atoms with van der Waals surface area (Å²) in [7, 11) is 0. The lowest BCUT2D eigenvalue weighted by molar-refractivity contribution is -0.155. The van der Waals surface area contributed by atoms with Crippen LogP contribution in [0.1, 0.15) is 30.0 Å². The number of benzene rings is 2. The molecule has 0 spiro atoms. The highest BCUT2D eigenvalue weighted by atomic mass is 16.5. The number of amides is 2. The zero-order chi connectivity index (χ0) is 21.5. The molecule has 1 saturated heterocycles. The highest BCUT2D eigenvalue weighted by Crippen LogP contribution is 2.48. The normalized spacial score (nSPS) is 25.7. The van der Waals surface area contributed by atoms with Crippen molar-refractivity contribution in [2.45, 2.75) is 37.6 Å². The molecule has 2 fully saturated rings. The van der Waals surface area contributed by atoms with Crippen LogP contribution in [0.5, 0.6) is 0 Å². The summed E-state index contributed by atoms with van der Waals surface area (Å²) in [6.07, 6.45) is 1.56. The zero-order valence-electron chi connectivity index (χ0n) is 16.9. The van der Waals surface area contributed by atoms with Crippen molar-refractivity contribution < 1.29 is 19.1 Å². The van der Waals surface area contributed by atoms with Gasteiger partial charge < -0.3 is 15.4 Å². The largest absolute Gasteiger partial charge is 0.459 e. The van der Waals surface area contributed by atoms with E-state index in [2.05, 4.69) is 5.43 Å². The smallest absolute Gasteiger partial charge is 0.329 e. The van der Waals surface area contributed by atoms with Crippen LogP contribution in [0, 0.1) is 5.92 Å². The molecular weight excluding hydrogens is 396 g/mol. The van der Waals surface area contributed by atoms with E-state index in [0.29, 0.717) is 12.3 Å². The average molecular weight is 420 g/mol. The summed E-state index contributed by atoms with van der Waals surface area (Å²) in [6, 6.07) is 15.7. The van der Waals surface area contributed by atoms with Crippen LogP contribution in [-0.4, -0.2) is 41.3 Å². The molecule has 0 bridgehead atoms. The number of hydrazine groups is 1. The van der Waals surface area contributed by atoms with Gasteiger partial charge in [-0.1, -0.05) is 48.5 Å². The van der Waals surface area contributed by atoms with Gasteiger partial charge in [-0.05, 0) is 30.4 Å². The summed E-state index contributed by atoms with van der Waals surface area (Å²) in [5.41, 5.74) is 10.9. The number of hydrogen-bond acceptors (Lipinski definition) is 6. The number of nitrogens with one attached hydrogen (secondary N) is 1. The second-order valence-electron chi connectivity index (χ2n) is 8.32. The molecule has 2 amide bonds. The maximum absolute atomic E-state index is 13.2. The molecule has 1 saturated carbocycles. The highest BCUT2D eigenvalue weighted by Gasteiger charge is 2.56. The second-order valence-corrected chi connectivity index (χ2v) is 8.32. The Morgan fingerprint density at radius 3 is 2.55 bits per heavy atom.